The van der Waals surface area contributed by atoms with E-state index < -0.39 is 344 Å². The van der Waals surface area contributed by atoms with Gasteiger partial charge >= 0.3 is 0 Å². The molecule has 0 unspecified atom stereocenters. The lowest BCUT2D eigenvalue weighted by Gasteiger charge is -2.24. The Morgan fingerprint density at radius 3 is 1.49 bits per heavy atom. The van der Waals surface area contributed by atoms with Crippen molar-refractivity contribution in [2.75, 3.05) is 0 Å². The fraction of sp³-hybridized carbons (Fsp3) is 0.0508. The zero-order valence-corrected chi connectivity index (χ0v) is 29.5. The van der Waals surface area contributed by atoms with Crippen LogP contribution < -0.4 is 0 Å². The Morgan fingerprint density at radius 2 is 0.831 bits per heavy atom. The van der Waals surface area contributed by atoms with Crippen LogP contribution in [0.1, 0.15) is 76.9 Å². The molecule has 0 spiro atoms. The average Bonchev–Trinajstić information content (AvgIpc) is 1.65. The molecule has 0 saturated carbocycles. The molecule has 0 radical (unpaired) electrons. The third kappa shape index (κ3) is 4.55. The van der Waals surface area contributed by atoms with Gasteiger partial charge in [-0.2, -0.15) is 0 Å². The summed E-state index contributed by atoms with van der Waals surface area (Å²) in [7, 11) is 0. The zero-order valence-electron chi connectivity index (χ0n) is 67.5. The van der Waals surface area contributed by atoms with Crippen LogP contribution in [0.5, 0.6) is 0 Å². The van der Waals surface area contributed by atoms with Crippen molar-refractivity contribution in [3.05, 3.63) is 204 Å². The van der Waals surface area contributed by atoms with Gasteiger partial charge in [-0.25, -0.2) is 0 Å². The van der Waals surface area contributed by atoms with Crippen LogP contribution in [0.2, 0.25) is 0 Å². The summed E-state index contributed by atoms with van der Waals surface area (Å²) in [5, 5.41) is -7.93. The maximum Gasteiger partial charge on any atom is 0.0636 e. The van der Waals surface area contributed by atoms with Crippen LogP contribution in [-0.4, -0.2) is 0 Å². The molecular formula is C59H38. The van der Waals surface area contributed by atoms with Gasteiger partial charge in [-0.05, 0) is 150 Å². The second kappa shape index (κ2) is 11.9. The minimum atomic E-state index is -4.13. The molecule has 0 atom stereocenters. The highest BCUT2D eigenvalue weighted by Gasteiger charge is 2.35. The topological polar surface area (TPSA) is 0 Å². The summed E-state index contributed by atoms with van der Waals surface area (Å²) in [4.78, 5) is 0. The first-order valence-corrected chi connectivity index (χ1v) is 17.8. The zero-order chi connectivity index (χ0) is 71.8. The van der Waals surface area contributed by atoms with Crippen LogP contribution >= 0.6 is 0 Å². The van der Waals surface area contributed by atoms with Gasteiger partial charge in [0.2, 0.25) is 0 Å². The summed E-state index contributed by atoms with van der Waals surface area (Å²) in [6.45, 7) is -8.25. The van der Waals surface area contributed by atoms with E-state index in [1.165, 1.54) is 0 Å². The standard InChI is InChI=1S/C59H38/c1-59(2)52-17-7-6-16-46(52)47-29-26-42(34-53(47)59)50-32-43(44-27-22-40-20-18-36-12-8-14-38-24-30-48(44)57(40)54(36)38)33-51(56(50)35-10-4-3-5-11-35)45-28-23-41-21-19-37-13-9-15-39-25-31-49(45)58(41)55(37)39/h3-34H,1-2H3/i1D3,2D3,3D,4D,5D,6D,7D,8D,9D,10D,11D,12D,13D,14D,15D,16D,17D,18D,19D,20D,21D,22D,23D,24D,25D,26D,27D,28D,29D,30D,31D,32D,33D,34D. The number of benzene rings is 12. The van der Waals surface area contributed by atoms with Crippen molar-refractivity contribution in [2.45, 2.75) is 19.1 Å². The lowest BCUT2D eigenvalue weighted by molar-refractivity contribution is 0.660. The molecule has 0 bridgehead atoms. The molecule has 0 fully saturated rings. The SMILES string of the molecule is [2H]c1c([2H])c([2H])c(-c2c(-c3c([2H])c([2H])c4c(c3[2H])C(C([2H])([2H])[2H])(C([2H])([2H])[2H])c3c([2H])c([2H])c([2H])c([2H])c3-4)c([2H])c(-c3c([2H])c([2H])c4c([2H])c([2H])c5c([2H])c([2H])c([2H])c6c([2H])c([2H])c3c4c56)c([2H])c2-c2c([2H])c([2H])c3c([2H])c([2H])c4c([2H])c([2H])c([2H])c5c([2H])c([2H])c2c3c45)c([2H])c1[2H]. The van der Waals surface area contributed by atoms with Crippen molar-refractivity contribution in [1.29, 1.82) is 0 Å². The van der Waals surface area contributed by atoms with E-state index in [4.69, 9.17) is 27.4 Å². The highest BCUT2D eigenvalue weighted by atomic mass is 14.4. The fourth-order valence-corrected chi connectivity index (χ4v) is 8.06. The van der Waals surface area contributed by atoms with Crippen molar-refractivity contribution in [1.82, 2.24) is 0 Å². The first-order chi connectivity index (χ1) is 44.9. The summed E-state index contributed by atoms with van der Waals surface area (Å²) >= 11 is 0. The van der Waals surface area contributed by atoms with E-state index in [-0.39, 0.29) is 0 Å². The summed E-state index contributed by atoms with van der Waals surface area (Å²) in [5.74, 6) is 0. The van der Waals surface area contributed by atoms with E-state index in [1.54, 1.807) is 0 Å². The molecule has 12 aromatic rings. The van der Waals surface area contributed by atoms with Gasteiger partial charge in [0.25, 0.3) is 0 Å². The van der Waals surface area contributed by atoms with Crippen LogP contribution in [-0.2, 0) is 5.41 Å². The molecule has 59 heavy (non-hydrogen) atoms. The second-order valence-corrected chi connectivity index (χ2v) is 13.8. The largest absolute Gasteiger partial charge is 0.0636 e. The van der Waals surface area contributed by atoms with Crippen LogP contribution in [0.3, 0.4) is 0 Å². The number of hydrogen-bond donors (Lipinski definition) is 0. The Hall–Kier alpha value is -7.28. The third-order valence-corrected chi connectivity index (χ3v) is 10.6. The smallest absolute Gasteiger partial charge is 0.0622 e. The van der Waals surface area contributed by atoms with Crippen molar-refractivity contribution < 1.29 is 52.1 Å². The predicted octanol–water partition coefficient (Wildman–Crippen LogP) is 16.5. The highest BCUT2D eigenvalue weighted by Crippen LogP contribution is 2.52. The van der Waals surface area contributed by atoms with Gasteiger partial charge in [0.05, 0.1) is 43.9 Å². The molecule has 1 aliphatic carbocycles. The molecule has 0 nitrogen and oxygen atoms in total. The first kappa shape index (κ1) is 12.9. The van der Waals surface area contributed by atoms with E-state index in [9.17, 15) is 24.7 Å². The molecule has 0 heteroatoms. The van der Waals surface area contributed by atoms with E-state index in [2.05, 4.69) is 0 Å². The number of fused-ring (bicyclic) bond motifs is 3. The molecule has 12 aromatic carbocycles. The lowest BCUT2D eigenvalue weighted by Crippen LogP contribution is -2.14. The van der Waals surface area contributed by atoms with Crippen LogP contribution in [0.4, 0.5) is 0 Å². The molecule has 0 saturated heterocycles. The Balaban J connectivity index is 1.43. The van der Waals surface area contributed by atoms with E-state index in [0.29, 0.717) is 0 Å². The molecule has 0 heterocycles. The monoisotopic (exact) mass is 785 g/mol. The van der Waals surface area contributed by atoms with Crippen LogP contribution in [0.25, 0.3) is 120 Å². The molecule has 274 valence electrons. The van der Waals surface area contributed by atoms with Crippen molar-refractivity contribution in [3.63, 3.8) is 0 Å². The van der Waals surface area contributed by atoms with Crippen molar-refractivity contribution in [2.24, 2.45) is 0 Å². The maximum absolute atomic E-state index is 10.8. The molecular weight excluding hydrogens is 709 g/mol. The first-order valence-electron chi connectivity index (χ1n) is 36.8. The summed E-state index contributed by atoms with van der Waals surface area (Å²) < 4.78 is 358. The van der Waals surface area contributed by atoms with Gasteiger partial charge in [-0.1, -0.05) is 189 Å². The van der Waals surface area contributed by atoms with Gasteiger partial charge in [-0.15, -0.1) is 0 Å². The minimum absolute atomic E-state index is 0.514. The Labute approximate surface area is 396 Å². The fourth-order valence-electron chi connectivity index (χ4n) is 8.06. The Morgan fingerprint density at radius 1 is 0.322 bits per heavy atom. The lowest BCUT2D eigenvalue weighted by atomic mass is 9.79. The third-order valence-electron chi connectivity index (χ3n) is 10.6. The molecule has 13 rings (SSSR count). The quantitative estimate of drug-likeness (QED) is 0.156. The predicted molar refractivity (Wildman–Crippen MR) is 253 cm³/mol. The Kier molecular flexibility index (Phi) is 2.59. The van der Waals surface area contributed by atoms with Crippen LogP contribution in [0, 0.1) is 0 Å². The maximum atomic E-state index is 10.8. The molecule has 0 amide bonds. The minimum Gasteiger partial charge on any atom is -0.0622 e. The Bertz CT molecular complexity index is 5710. The number of rotatable bonds is 4. The molecule has 0 aliphatic heterocycles. The molecule has 0 aromatic heterocycles. The summed E-state index contributed by atoms with van der Waals surface area (Å²) in [5.41, 5.74) is -18.5. The summed E-state index contributed by atoms with van der Waals surface area (Å²) in [6.07, 6.45) is 0. The molecule has 1 aliphatic rings. The van der Waals surface area contributed by atoms with Gasteiger partial charge < -0.3 is 0 Å². The average molecular weight is 785 g/mol. The van der Waals surface area contributed by atoms with Gasteiger partial charge in [0.15, 0.2) is 0 Å². The van der Waals surface area contributed by atoms with E-state index in [0.717, 1.165) is 0 Å². The van der Waals surface area contributed by atoms with Gasteiger partial charge in [-0.3, -0.25) is 0 Å². The second-order valence-electron chi connectivity index (χ2n) is 13.8. The van der Waals surface area contributed by atoms with E-state index >= 15 is 0 Å². The normalized spacial score (nSPS) is 22.9. The van der Waals surface area contributed by atoms with Crippen molar-refractivity contribution in [3.8, 4) is 55.6 Å². The van der Waals surface area contributed by atoms with E-state index in [1.807, 2.05) is 0 Å². The van der Waals surface area contributed by atoms with Gasteiger partial charge in [0.1, 0.15) is 0 Å². The summed E-state index contributed by atoms with van der Waals surface area (Å²) in [6, 6.07) is -36.5. The highest BCUT2D eigenvalue weighted by molar-refractivity contribution is 6.27. The van der Waals surface area contributed by atoms with Gasteiger partial charge in [0, 0.05) is 13.6 Å². The van der Waals surface area contributed by atoms with Crippen LogP contribution in [0.15, 0.2) is 193 Å². The molecule has 0 N–H and O–H groups in total. The number of hydrogen-bond acceptors (Lipinski definition) is 0. The van der Waals surface area contributed by atoms with Crippen molar-refractivity contribution >= 4 is 64.6 Å².